The summed E-state index contributed by atoms with van der Waals surface area (Å²) >= 11 is 4.84. The third-order valence-corrected chi connectivity index (χ3v) is 9.62. The molecule has 3 aromatic rings. The molecule has 0 spiro atoms. The monoisotopic (exact) mass is 636 g/mol. The highest BCUT2D eigenvalue weighted by atomic mass is 32.2. The van der Waals surface area contributed by atoms with Gasteiger partial charge in [0.1, 0.15) is 0 Å². The van der Waals surface area contributed by atoms with Gasteiger partial charge in [0.25, 0.3) is 5.69 Å². The number of aromatic nitrogens is 1. The Morgan fingerprint density at radius 2 is 1.42 bits per heavy atom. The number of nitrogens with zero attached hydrogens (tertiary/aromatic N) is 5. The van der Waals surface area contributed by atoms with Crippen molar-refractivity contribution in [3.8, 4) is 0 Å². The molecule has 2 aromatic carbocycles. The van der Waals surface area contributed by atoms with Crippen LogP contribution in [0.25, 0.3) is 0 Å². The van der Waals surface area contributed by atoms with E-state index in [0.717, 1.165) is 35.1 Å². The minimum absolute atomic E-state index is 0.125. The first kappa shape index (κ1) is 32.4. The van der Waals surface area contributed by atoms with Crippen molar-refractivity contribution in [1.82, 2.24) is 4.98 Å². The van der Waals surface area contributed by atoms with Crippen molar-refractivity contribution in [3.63, 3.8) is 0 Å². The number of pyridine rings is 1. The van der Waals surface area contributed by atoms with Crippen LogP contribution in [0.3, 0.4) is 0 Å². The Kier molecular flexibility index (Phi) is 12.3. The van der Waals surface area contributed by atoms with Gasteiger partial charge in [0.05, 0.1) is 23.0 Å². The molecule has 3 aliphatic heterocycles. The molecule has 13 heteroatoms. The maximum Gasteiger partial charge on any atom is 0.269 e. The van der Waals surface area contributed by atoms with E-state index < -0.39 is 0 Å². The number of nitrogens with two attached hydrogens (primary N) is 3. The zero-order valence-corrected chi connectivity index (χ0v) is 26.3. The largest absolute Gasteiger partial charge is 0.379 e. The summed E-state index contributed by atoms with van der Waals surface area (Å²) in [6.45, 7) is 2.18. The fraction of sp³-hybridized carbons (Fsp3) is 0.333. The maximum absolute atomic E-state index is 10.6. The van der Waals surface area contributed by atoms with E-state index in [0.29, 0.717) is 34.1 Å². The van der Waals surface area contributed by atoms with Gasteiger partial charge in [-0.1, -0.05) is 90.7 Å². The van der Waals surface area contributed by atoms with Crippen LogP contribution >= 0.6 is 35.3 Å². The summed E-state index contributed by atoms with van der Waals surface area (Å²) in [6.07, 6.45) is 6.31. The number of nitro benzene ring substituents is 1. The molecule has 0 bridgehead atoms. The Labute approximate surface area is 264 Å². The van der Waals surface area contributed by atoms with Gasteiger partial charge >= 0.3 is 0 Å². The van der Waals surface area contributed by atoms with Gasteiger partial charge in [0, 0.05) is 41.3 Å². The van der Waals surface area contributed by atoms with Crippen LogP contribution in [0.1, 0.15) is 23.6 Å². The average Bonchev–Trinajstić information content (AvgIpc) is 3.69. The van der Waals surface area contributed by atoms with E-state index in [1.54, 1.807) is 41.9 Å². The van der Waals surface area contributed by atoms with Crippen LogP contribution in [-0.2, 0) is 19.3 Å². The lowest BCUT2D eigenvalue weighted by molar-refractivity contribution is -0.384. The molecule has 226 valence electrons. The summed E-state index contributed by atoms with van der Waals surface area (Å²) in [7, 11) is 0. The molecule has 6 N–H and O–H groups in total. The van der Waals surface area contributed by atoms with Crippen molar-refractivity contribution in [2.45, 2.75) is 49.6 Å². The van der Waals surface area contributed by atoms with Gasteiger partial charge in [-0.2, -0.15) is 0 Å². The molecule has 0 radical (unpaired) electrons. The van der Waals surface area contributed by atoms with Gasteiger partial charge in [-0.3, -0.25) is 30.1 Å². The van der Waals surface area contributed by atoms with Crippen LogP contribution in [0.2, 0.25) is 0 Å². The molecule has 4 unspecified atom stereocenters. The molecule has 0 amide bonds. The zero-order valence-electron chi connectivity index (χ0n) is 23.9. The van der Waals surface area contributed by atoms with Crippen molar-refractivity contribution in [3.05, 3.63) is 106 Å². The van der Waals surface area contributed by atoms with E-state index in [-0.39, 0.29) is 16.7 Å². The third kappa shape index (κ3) is 10.9. The van der Waals surface area contributed by atoms with E-state index >= 15 is 0 Å². The lowest BCUT2D eigenvalue weighted by atomic mass is 10.0. The summed E-state index contributed by atoms with van der Waals surface area (Å²) < 4.78 is 0. The topological polar surface area (TPSA) is 171 Å². The molecule has 0 fully saturated rings. The predicted molar refractivity (Wildman–Crippen MR) is 183 cm³/mol. The average molecular weight is 637 g/mol. The Morgan fingerprint density at radius 1 is 0.791 bits per heavy atom. The number of hydrogen-bond donors (Lipinski definition) is 3. The van der Waals surface area contributed by atoms with Crippen molar-refractivity contribution >= 4 is 56.5 Å². The Balaban J connectivity index is 0.000000148. The van der Waals surface area contributed by atoms with Crippen LogP contribution in [0.4, 0.5) is 5.69 Å². The normalized spacial score (nSPS) is 22.3. The van der Waals surface area contributed by atoms with E-state index in [9.17, 15) is 10.1 Å². The number of thioether (sulfide) groups is 3. The van der Waals surface area contributed by atoms with Gasteiger partial charge < -0.3 is 17.2 Å². The molecular formula is C30H36N8O2S3. The number of benzene rings is 2. The Hall–Kier alpha value is -3.55. The predicted octanol–water partition coefficient (Wildman–Crippen LogP) is 4.67. The smallest absolute Gasteiger partial charge is 0.269 e. The second-order valence-corrected chi connectivity index (χ2v) is 13.6. The number of aliphatic imine (C=N–C) groups is 3. The SMILES string of the molecule is CC1SC(N)=NC1Cc1ccccc1.NC1=NC(Cc2cccc([N+](=O)[O-])c2)CS1.NC1=NC(Cc2cccnc2)CS1. The van der Waals surface area contributed by atoms with Gasteiger partial charge in [0.2, 0.25) is 0 Å². The van der Waals surface area contributed by atoms with Crippen LogP contribution in [0, 0.1) is 10.1 Å². The fourth-order valence-electron chi connectivity index (χ4n) is 4.58. The number of hydrogen-bond acceptors (Lipinski definition) is 12. The van der Waals surface area contributed by atoms with Crippen molar-refractivity contribution in [2.75, 3.05) is 11.5 Å². The number of rotatable bonds is 7. The molecule has 0 aliphatic carbocycles. The summed E-state index contributed by atoms with van der Waals surface area (Å²) in [6, 6.07) is 22.0. The molecule has 43 heavy (non-hydrogen) atoms. The molecule has 3 aliphatic rings. The molecule has 10 nitrogen and oxygen atoms in total. The Bertz CT molecular complexity index is 1440. The highest BCUT2D eigenvalue weighted by molar-refractivity contribution is 8.14. The first-order valence-corrected chi connectivity index (χ1v) is 16.7. The second kappa shape index (κ2) is 16.3. The lowest BCUT2D eigenvalue weighted by Crippen LogP contribution is -2.16. The standard InChI is InChI=1S/C11H14N2S.C10H11N3O2S.C9H11N3S/c1-8-10(13-11(12)14-8)7-9-5-3-2-4-6-9;11-10-12-8(6-16-10)4-7-2-1-3-9(5-7)13(14)15;10-9-12-8(6-13-9)4-7-2-1-3-11-5-7/h2-6,8,10H,7H2,1H3,(H2,12,13);1-3,5,8H,4,6H2,(H2,11,12);1-3,5,8H,4,6H2,(H2,10,12). The van der Waals surface area contributed by atoms with Gasteiger partial charge in [-0.15, -0.1) is 0 Å². The van der Waals surface area contributed by atoms with Crippen molar-refractivity contribution in [1.29, 1.82) is 0 Å². The first-order valence-electron chi connectivity index (χ1n) is 13.8. The fourth-order valence-corrected chi connectivity index (χ4v) is 7.03. The first-order chi connectivity index (χ1) is 20.7. The third-order valence-electron chi connectivity index (χ3n) is 6.68. The molecule has 1 aromatic heterocycles. The molecule has 0 saturated carbocycles. The second-order valence-electron chi connectivity index (χ2n) is 10.1. The molecule has 4 atom stereocenters. The maximum atomic E-state index is 10.6. The minimum Gasteiger partial charge on any atom is -0.379 e. The van der Waals surface area contributed by atoms with Crippen molar-refractivity contribution in [2.24, 2.45) is 32.2 Å². The lowest BCUT2D eigenvalue weighted by Gasteiger charge is -2.11. The summed E-state index contributed by atoms with van der Waals surface area (Å²) in [4.78, 5) is 27.3. The number of amidine groups is 3. The highest BCUT2D eigenvalue weighted by Crippen LogP contribution is 2.26. The summed E-state index contributed by atoms with van der Waals surface area (Å²) in [5.74, 6) is 1.86. The van der Waals surface area contributed by atoms with Crippen LogP contribution in [-0.4, -0.2) is 60.3 Å². The minimum atomic E-state index is -0.384. The van der Waals surface area contributed by atoms with E-state index in [1.807, 2.05) is 24.4 Å². The van der Waals surface area contributed by atoms with E-state index in [2.05, 4.69) is 57.2 Å². The quantitative estimate of drug-likeness (QED) is 0.246. The zero-order chi connectivity index (χ0) is 30.6. The molecule has 4 heterocycles. The Morgan fingerprint density at radius 3 is 1.95 bits per heavy atom. The number of nitro groups is 1. The van der Waals surface area contributed by atoms with Gasteiger partial charge in [-0.25, -0.2) is 0 Å². The van der Waals surface area contributed by atoms with Crippen LogP contribution < -0.4 is 17.2 Å². The van der Waals surface area contributed by atoms with Crippen LogP contribution in [0.5, 0.6) is 0 Å². The van der Waals surface area contributed by atoms with E-state index in [4.69, 9.17) is 17.2 Å². The molecule has 0 saturated heterocycles. The highest BCUT2D eigenvalue weighted by Gasteiger charge is 2.25. The summed E-state index contributed by atoms with van der Waals surface area (Å²) in [5.41, 5.74) is 20.4. The molecule has 6 rings (SSSR count). The van der Waals surface area contributed by atoms with E-state index in [1.165, 1.54) is 29.0 Å². The summed E-state index contributed by atoms with van der Waals surface area (Å²) in [5, 5.41) is 13.2. The van der Waals surface area contributed by atoms with Gasteiger partial charge in [-0.05, 0) is 42.0 Å². The van der Waals surface area contributed by atoms with Gasteiger partial charge in [0.15, 0.2) is 15.5 Å². The molecular weight excluding hydrogens is 601 g/mol. The van der Waals surface area contributed by atoms with Crippen molar-refractivity contribution < 1.29 is 4.92 Å². The number of non-ortho nitro benzene ring substituents is 1. The van der Waals surface area contributed by atoms with Crippen LogP contribution in [0.15, 0.2) is 94.1 Å².